The maximum absolute atomic E-state index is 5.57. The SMILES string of the molecule is COCOc1c(I)ccc2ccccc12. The van der Waals surface area contributed by atoms with E-state index in [1.54, 1.807) is 7.11 Å². The maximum atomic E-state index is 5.57. The summed E-state index contributed by atoms with van der Waals surface area (Å²) in [5.74, 6) is 0.899. The molecule has 2 aromatic rings. The van der Waals surface area contributed by atoms with Crippen molar-refractivity contribution < 1.29 is 9.47 Å². The van der Waals surface area contributed by atoms with Gasteiger partial charge in [-0.25, -0.2) is 0 Å². The molecule has 0 heterocycles. The van der Waals surface area contributed by atoms with Crippen LogP contribution in [0.3, 0.4) is 0 Å². The van der Waals surface area contributed by atoms with Crippen molar-refractivity contribution in [2.24, 2.45) is 0 Å². The minimum Gasteiger partial charge on any atom is -0.466 e. The van der Waals surface area contributed by atoms with E-state index in [0.717, 1.165) is 14.7 Å². The summed E-state index contributed by atoms with van der Waals surface area (Å²) in [5.41, 5.74) is 0. The van der Waals surface area contributed by atoms with Crippen molar-refractivity contribution in [2.45, 2.75) is 0 Å². The standard InChI is InChI=1S/C12H11IO2/c1-14-8-15-12-10-5-3-2-4-9(10)6-7-11(12)13/h2-7H,8H2,1H3. The van der Waals surface area contributed by atoms with Crippen molar-refractivity contribution in [3.05, 3.63) is 40.0 Å². The van der Waals surface area contributed by atoms with Gasteiger partial charge >= 0.3 is 0 Å². The normalized spacial score (nSPS) is 10.5. The highest BCUT2D eigenvalue weighted by Crippen LogP contribution is 2.30. The molecule has 78 valence electrons. The van der Waals surface area contributed by atoms with Crippen LogP contribution in [0.5, 0.6) is 5.75 Å². The van der Waals surface area contributed by atoms with Crippen molar-refractivity contribution in [3.63, 3.8) is 0 Å². The van der Waals surface area contributed by atoms with Crippen LogP contribution < -0.4 is 4.74 Å². The minimum atomic E-state index is 0.282. The maximum Gasteiger partial charge on any atom is 0.188 e. The van der Waals surface area contributed by atoms with E-state index >= 15 is 0 Å². The summed E-state index contributed by atoms with van der Waals surface area (Å²) in [6, 6.07) is 12.3. The van der Waals surface area contributed by atoms with Crippen LogP contribution in [0.2, 0.25) is 0 Å². The molecule has 0 aliphatic heterocycles. The Hall–Kier alpha value is -0.810. The number of ether oxygens (including phenoxy) is 2. The van der Waals surface area contributed by atoms with Crippen LogP contribution in [0.1, 0.15) is 0 Å². The molecule has 0 fully saturated rings. The van der Waals surface area contributed by atoms with Gasteiger partial charge in [-0.2, -0.15) is 0 Å². The van der Waals surface area contributed by atoms with E-state index in [2.05, 4.69) is 40.8 Å². The summed E-state index contributed by atoms with van der Waals surface area (Å²) in [5, 5.41) is 2.31. The molecule has 0 radical (unpaired) electrons. The molecule has 0 bridgehead atoms. The third kappa shape index (κ3) is 2.23. The number of rotatable bonds is 3. The summed E-state index contributed by atoms with van der Waals surface area (Å²) in [6.45, 7) is 0.282. The lowest BCUT2D eigenvalue weighted by Crippen LogP contribution is -2.00. The second-order valence-corrected chi connectivity index (χ2v) is 4.31. The van der Waals surface area contributed by atoms with Gasteiger partial charge in [0.25, 0.3) is 0 Å². The van der Waals surface area contributed by atoms with Crippen LogP contribution in [0.15, 0.2) is 36.4 Å². The molecule has 2 aromatic carbocycles. The van der Waals surface area contributed by atoms with Crippen LogP contribution >= 0.6 is 22.6 Å². The molecular formula is C12H11IO2. The first-order valence-electron chi connectivity index (χ1n) is 4.62. The monoisotopic (exact) mass is 314 g/mol. The molecule has 0 atom stereocenters. The van der Waals surface area contributed by atoms with E-state index in [1.807, 2.05) is 18.2 Å². The number of benzene rings is 2. The van der Waals surface area contributed by atoms with Crippen molar-refractivity contribution in [2.75, 3.05) is 13.9 Å². The van der Waals surface area contributed by atoms with Gasteiger partial charge in [-0.3, -0.25) is 0 Å². The molecule has 15 heavy (non-hydrogen) atoms. The van der Waals surface area contributed by atoms with Gasteiger partial charge in [0.2, 0.25) is 0 Å². The Balaban J connectivity index is 2.53. The van der Waals surface area contributed by atoms with Gasteiger partial charge in [0, 0.05) is 12.5 Å². The lowest BCUT2D eigenvalue weighted by molar-refractivity contribution is 0.0516. The summed E-state index contributed by atoms with van der Waals surface area (Å²) >= 11 is 2.27. The van der Waals surface area contributed by atoms with Gasteiger partial charge < -0.3 is 9.47 Å². The molecule has 0 N–H and O–H groups in total. The smallest absolute Gasteiger partial charge is 0.188 e. The van der Waals surface area contributed by atoms with Crippen molar-refractivity contribution in [3.8, 4) is 5.75 Å². The second-order valence-electron chi connectivity index (χ2n) is 3.15. The molecule has 0 saturated heterocycles. The first kappa shape index (κ1) is 10.7. The largest absolute Gasteiger partial charge is 0.466 e. The number of hydrogen-bond donors (Lipinski definition) is 0. The third-order valence-electron chi connectivity index (χ3n) is 2.15. The summed E-state index contributed by atoms with van der Waals surface area (Å²) < 4.78 is 11.6. The number of halogens is 1. The fraction of sp³-hybridized carbons (Fsp3) is 0.167. The van der Waals surface area contributed by atoms with Crippen LogP contribution in [0.4, 0.5) is 0 Å². The molecule has 0 aliphatic rings. The predicted octanol–water partition coefficient (Wildman–Crippen LogP) is 3.43. The molecular weight excluding hydrogens is 303 g/mol. The second kappa shape index (κ2) is 4.81. The van der Waals surface area contributed by atoms with Crippen molar-refractivity contribution in [1.29, 1.82) is 0 Å². The molecule has 3 heteroatoms. The van der Waals surface area contributed by atoms with Gasteiger partial charge in [-0.15, -0.1) is 0 Å². The van der Waals surface area contributed by atoms with Crippen molar-refractivity contribution in [1.82, 2.24) is 0 Å². The number of methoxy groups -OCH3 is 1. The van der Waals surface area contributed by atoms with Gasteiger partial charge in [0.05, 0.1) is 3.57 Å². The Labute approximate surface area is 102 Å². The first-order valence-corrected chi connectivity index (χ1v) is 5.70. The zero-order chi connectivity index (χ0) is 10.7. The van der Waals surface area contributed by atoms with Gasteiger partial charge in [0.1, 0.15) is 5.75 Å². The average molecular weight is 314 g/mol. The van der Waals surface area contributed by atoms with Gasteiger partial charge in [-0.1, -0.05) is 30.3 Å². The highest BCUT2D eigenvalue weighted by Gasteiger charge is 2.05. The Morgan fingerprint density at radius 1 is 1.13 bits per heavy atom. The van der Waals surface area contributed by atoms with E-state index in [-0.39, 0.29) is 6.79 Å². The molecule has 0 spiro atoms. The fourth-order valence-electron chi connectivity index (χ4n) is 1.48. The van der Waals surface area contributed by atoms with E-state index < -0.39 is 0 Å². The average Bonchev–Trinajstić information content (AvgIpc) is 2.28. The predicted molar refractivity (Wildman–Crippen MR) is 69.2 cm³/mol. The summed E-state index contributed by atoms with van der Waals surface area (Å²) in [7, 11) is 1.62. The number of hydrogen-bond acceptors (Lipinski definition) is 2. The van der Waals surface area contributed by atoms with Crippen LogP contribution in [-0.2, 0) is 4.74 Å². The first-order chi connectivity index (χ1) is 7.33. The van der Waals surface area contributed by atoms with E-state index in [9.17, 15) is 0 Å². The Bertz CT molecular complexity index is 468. The van der Waals surface area contributed by atoms with Crippen LogP contribution in [-0.4, -0.2) is 13.9 Å². The van der Waals surface area contributed by atoms with E-state index in [1.165, 1.54) is 5.39 Å². The summed E-state index contributed by atoms with van der Waals surface area (Å²) in [4.78, 5) is 0. The highest BCUT2D eigenvalue weighted by molar-refractivity contribution is 14.1. The highest BCUT2D eigenvalue weighted by atomic mass is 127. The molecule has 0 aliphatic carbocycles. The molecule has 2 nitrogen and oxygen atoms in total. The Kier molecular flexibility index (Phi) is 3.43. The zero-order valence-electron chi connectivity index (χ0n) is 8.37. The van der Waals surface area contributed by atoms with Crippen LogP contribution in [0.25, 0.3) is 10.8 Å². The van der Waals surface area contributed by atoms with Gasteiger partial charge in [0.15, 0.2) is 6.79 Å². The molecule has 0 amide bonds. The topological polar surface area (TPSA) is 18.5 Å². The molecule has 0 aromatic heterocycles. The fourth-order valence-corrected chi connectivity index (χ4v) is 2.11. The van der Waals surface area contributed by atoms with Gasteiger partial charge in [-0.05, 0) is 34.0 Å². The molecule has 0 unspecified atom stereocenters. The molecule has 2 rings (SSSR count). The summed E-state index contributed by atoms with van der Waals surface area (Å²) in [6.07, 6.45) is 0. The third-order valence-corrected chi connectivity index (χ3v) is 3.00. The Morgan fingerprint density at radius 2 is 1.93 bits per heavy atom. The lowest BCUT2D eigenvalue weighted by atomic mass is 10.1. The zero-order valence-corrected chi connectivity index (χ0v) is 10.5. The lowest BCUT2D eigenvalue weighted by Gasteiger charge is -2.10. The van der Waals surface area contributed by atoms with Crippen LogP contribution in [0, 0.1) is 3.57 Å². The minimum absolute atomic E-state index is 0.282. The Morgan fingerprint density at radius 3 is 2.73 bits per heavy atom. The van der Waals surface area contributed by atoms with E-state index in [0.29, 0.717) is 0 Å². The number of fused-ring (bicyclic) bond motifs is 1. The quantitative estimate of drug-likeness (QED) is 0.638. The van der Waals surface area contributed by atoms with Crippen molar-refractivity contribution >= 4 is 33.4 Å². The molecule has 0 saturated carbocycles. The van der Waals surface area contributed by atoms with E-state index in [4.69, 9.17) is 9.47 Å².